The van der Waals surface area contributed by atoms with Crippen molar-refractivity contribution in [3.63, 3.8) is 0 Å². The molecule has 1 N–H and O–H groups in total. The van der Waals surface area contributed by atoms with E-state index in [-0.39, 0.29) is 12.4 Å². The second kappa shape index (κ2) is 14.6. The van der Waals surface area contributed by atoms with Crippen molar-refractivity contribution >= 4 is 11.9 Å². The summed E-state index contributed by atoms with van der Waals surface area (Å²) in [5.74, 6) is 0.358. The fourth-order valence-corrected chi connectivity index (χ4v) is 3.76. The van der Waals surface area contributed by atoms with Gasteiger partial charge >= 0.3 is 11.9 Å². The Kier molecular flexibility index (Phi) is 10.8. The van der Waals surface area contributed by atoms with Gasteiger partial charge in [0.25, 0.3) is 0 Å². The molecule has 0 fully saturated rings. The maximum absolute atomic E-state index is 12.5. The number of carbonyl (C=O) groups excluding carboxylic acids is 1. The molecule has 0 aliphatic rings. The van der Waals surface area contributed by atoms with Crippen LogP contribution in [0.15, 0.2) is 72.8 Å². The minimum Gasteiger partial charge on any atom is -0.494 e. The van der Waals surface area contributed by atoms with Crippen molar-refractivity contribution < 1.29 is 28.9 Å². The minimum atomic E-state index is -0.848. The molecule has 0 amide bonds. The van der Waals surface area contributed by atoms with E-state index >= 15 is 0 Å². The fraction of sp³-hybridized carbons (Fsp3) is 0.333. The number of hydrogen-bond acceptors (Lipinski definition) is 5. The van der Waals surface area contributed by atoms with E-state index in [1.54, 1.807) is 30.3 Å². The van der Waals surface area contributed by atoms with Gasteiger partial charge in [0, 0.05) is 6.42 Å². The molecule has 190 valence electrons. The SMILES string of the molecule is CCCc1cc(C(=O)OCCc2ccccc2)ccc1OCCCCOc1ccc(CC(=O)O)cc1. The van der Waals surface area contributed by atoms with E-state index in [1.165, 1.54) is 0 Å². The molecule has 3 aromatic rings. The van der Waals surface area contributed by atoms with Crippen LogP contribution < -0.4 is 9.47 Å². The van der Waals surface area contributed by atoms with Gasteiger partial charge in [-0.2, -0.15) is 0 Å². The third-order valence-electron chi connectivity index (χ3n) is 5.63. The van der Waals surface area contributed by atoms with Crippen LogP contribution in [0.5, 0.6) is 11.5 Å². The summed E-state index contributed by atoms with van der Waals surface area (Å²) in [6, 6.07) is 22.6. The van der Waals surface area contributed by atoms with Gasteiger partial charge in [0.05, 0.1) is 31.8 Å². The summed E-state index contributed by atoms with van der Waals surface area (Å²) in [6.07, 6.45) is 4.12. The molecule has 3 aromatic carbocycles. The molecule has 0 atom stereocenters. The first-order valence-electron chi connectivity index (χ1n) is 12.5. The number of esters is 1. The van der Waals surface area contributed by atoms with E-state index in [1.807, 2.05) is 42.5 Å². The van der Waals surface area contributed by atoms with Crippen molar-refractivity contribution in [1.29, 1.82) is 0 Å². The van der Waals surface area contributed by atoms with Crippen LogP contribution in [0.1, 0.15) is 53.2 Å². The number of ether oxygens (including phenoxy) is 3. The first-order chi connectivity index (χ1) is 17.5. The highest BCUT2D eigenvalue weighted by Crippen LogP contribution is 2.23. The molecule has 3 rings (SSSR count). The van der Waals surface area contributed by atoms with Crippen molar-refractivity contribution in [1.82, 2.24) is 0 Å². The van der Waals surface area contributed by atoms with Crippen LogP contribution >= 0.6 is 0 Å². The lowest BCUT2D eigenvalue weighted by molar-refractivity contribution is -0.136. The first-order valence-corrected chi connectivity index (χ1v) is 12.5. The summed E-state index contributed by atoms with van der Waals surface area (Å²) in [4.78, 5) is 23.3. The molecule has 6 nitrogen and oxygen atoms in total. The van der Waals surface area contributed by atoms with Crippen molar-refractivity contribution in [2.75, 3.05) is 19.8 Å². The van der Waals surface area contributed by atoms with E-state index in [0.717, 1.165) is 53.9 Å². The number of unbranched alkanes of at least 4 members (excludes halogenated alkanes) is 1. The van der Waals surface area contributed by atoms with Crippen LogP contribution in [0.2, 0.25) is 0 Å². The molecule has 36 heavy (non-hydrogen) atoms. The Morgan fingerprint density at radius 1 is 0.778 bits per heavy atom. The highest BCUT2D eigenvalue weighted by molar-refractivity contribution is 5.89. The van der Waals surface area contributed by atoms with Gasteiger partial charge in [-0.05, 0) is 66.3 Å². The van der Waals surface area contributed by atoms with Crippen molar-refractivity contribution in [2.45, 2.75) is 45.4 Å². The normalized spacial score (nSPS) is 10.6. The molecule has 0 saturated heterocycles. The highest BCUT2D eigenvalue weighted by atomic mass is 16.5. The average molecular weight is 491 g/mol. The highest BCUT2D eigenvalue weighted by Gasteiger charge is 2.12. The third-order valence-corrected chi connectivity index (χ3v) is 5.63. The topological polar surface area (TPSA) is 82.1 Å². The Bertz CT molecular complexity index is 1090. The van der Waals surface area contributed by atoms with Crippen LogP contribution in [0.25, 0.3) is 0 Å². The zero-order valence-corrected chi connectivity index (χ0v) is 20.8. The van der Waals surface area contributed by atoms with Gasteiger partial charge in [0.2, 0.25) is 0 Å². The summed E-state index contributed by atoms with van der Waals surface area (Å²) in [5.41, 5.74) is 3.44. The maximum atomic E-state index is 12.5. The molecular formula is C30H34O6. The fourth-order valence-electron chi connectivity index (χ4n) is 3.76. The first kappa shape index (κ1) is 26.8. The van der Waals surface area contributed by atoms with Gasteiger partial charge in [0.1, 0.15) is 11.5 Å². The van der Waals surface area contributed by atoms with Gasteiger partial charge in [-0.3, -0.25) is 4.79 Å². The van der Waals surface area contributed by atoms with Crippen molar-refractivity contribution in [3.8, 4) is 11.5 Å². The molecule has 0 saturated carbocycles. The summed E-state index contributed by atoms with van der Waals surface area (Å²) in [5, 5.41) is 8.83. The largest absolute Gasteiger partial charge is 0.494 e. The van der Waals surface area contributed by atoms with Gasteiger partial charge in [0.15, 0.2) is 0 Å². The summed E-state index contributed by atoms with van der Waals surface area (Å²) in [7, 11) is 0. The smallest absolute Gasteiger partial charge is 0.338 e. The van der Waals surface area contributed by atoms with Crippen LogP contribution in [0.4, 0.5) is 0 Å². The number of carboxylic acid groups (broad SMARTS) is 1. The van der Waals surface area contributed by atoms with E-state index in [4.69, 9.17) is 19.3 Å². The predicted molar refractivity (Wildman–Crippen MR) is 139 cm³/mol. The number of carboxylic acids is 1. The molecule has 0 aliphatic carbocycles. The van der Waals surface area contributed by atoms with Crippen LogP contribution in [0, 0.1) is 0 Å². The Labute approximate surface area is 212 Å². The standard InChI is InChI=1S/C30H34O6/c1-2-8-25-22-26(30(33)36-20-17-23-9-4-3-5-10-23)13-16-28(25)35-19-7-6-18-34-27-14-11-24(12-15-27)21-29(31)32/h3-5,9-16,22H,2,6-8,17-21H2,1H3,(H,31,32). The molecule has 6 heteroatoms. The Hall–Kier alpha value is -3.80. The Morgan fingerprint density at radius 2 is 1.50 bits per heavy atom. The number of rotatable bonds is 15. The molecule has 0 heterocycles. The monoisotopic (exact) mass is 490 g/mol. The van der Waals surface area contributed by atoms with E-state index in [2.05, 4.69) is 6.92 Å². The molecular weight excluding hydrogens is 456 g/mol. The maximum Gasteiger partial charge on any atom is 0.338 e. The number of carbonyl (C=O) groups is 2. The molecule has 0 unspecified atom stereocenters. The second-order valence-electron chi connectivity index (χ2n) is 8.56. The molecule has 0 radical (unpaired) electrons. The van der Waals surface area contributed by atoms with Gasteiger partial charge in [-0.15, -0.1) is 0 Å². The molecule has 0 aromatic heterocycles. The molecule has 0 bridgehead atoms. The Morgan fingerprint density at radius 3 is 2.19 bits per heavy atom. The van der Waals surface area contributed by atoms with Crippen molar-refractivity contribution in [2.24, 2.45) is 0 Å². The second-order valence-corrected chi connectivity index (χ2v) is 8.56. The third kappa shape index (κ3) is 9.10. The number of hydrogen-bond donors (Lipinski definition) is 1. The van der Waals surface area contributed by atoms with Gasteiger partial charge < -0.3 is 19.3 Å². The number of aliphatic carboxylic acids is 1. The average Bonchev–Trinajstić information content (AvgIpc) is 2.88. The van der Waals surface area contributed by atoms with Crippen molar-refractivity contribution in [3.05, 3.63) is 95.1 Å². The summed E-state index contributed by atoms with van der Waals surface area (Å²) >= 11 is 0. The quantitative estimate of drug-likeness (QED) is 0.211. The zero-order chi connectivity index (χ0) is 25.6. The number of benzene rings is 3. The zero-order valence-electron chi connectivity index (χ0n) is 20.8. The van der Waals surface area contributed by atoms with E-state index in [0.29, 0.717) is 31.8 Å². The van der Waals surface area contributed by atoms with E-state index in [9.17, 15) is 9.59 Å². The van der Waals surface area contributed by atoms with Crippen LogP contribution in [-0.4, -0.2) is 36.9 Å². The van der Waals surface area contributed by atoms with Crippen LogP contribution in [-0.2, 0) is 28.8 Å². The lowest BCUT2D eigenvalue weighted by atomic mass is 10.1. The lowest BCUT2D eigenvalue weighted by Gasteiger charge is -2.13. The summed E-state index contributed by atoms with van der Waals surface area (Å²) < 4.78 is 17.2. The number of aryl methyl sites for hydroxylation is 1. The minimum absolute atomic E-state index is 0.00800. The molecule has 0 aliphatic heterocycles. The van der Waals surface area contributed by atoms with E-state index < -0.39 is 5.97 Å². The summed E-state index contributed by atoms with van der Waals surface area (Å²) in [6.45, 7) is 3.55. The molecule has 0 spiro atoms. The van der Waals surface area contributed by atoms with Gasteiger partial charge in [-0.1, -0.05) is 55.8 Å². The van der Waals surface area contributed by atoms with Gasteiger partial charge in [-0.25, -0.2) is 4.79 Å². The predicted octanol–water partition coefficient (Wildman–Crippen LogP) is 5.90. The van der Waals surface area contributed by atoms with Crippen LogP contribution in [0.3, 0.4) is 0 Å². The lowest BCUT2D eigenvalue weighted by Crippen LogP contribution is -2.09. The Balaban J connectivity index is 1.40.